The first kappa shape index (κ1) is 15.0. The molecule has 0 aliphatic rings. The van der Waals surface area contributed by atoms with Gasteiger partial charge in [-0.05, 0) is 49.1 Å². The number of aryl methyl sites for hydroxylation is 2. The van der Waals surface area contributed by atoms with Crippen molar-refractivity contribution >= 4 is 11.6 Å². The van der Waals surface area contributed by atoms with Crippen LogP contribution in [0.15, 0.2) is 36.4 Å². The number of halogens is 2. The molecule has 0 aromatic heterocycles. The molecule has 2 aromatic carbocycles. The van der Waals surface area contributed by atoms with E-state index in [2.05, 4.69) is 5.43 Å². The summed E-state index contributed by atoms with van der Waals surface area (Å²) < 4.78 is 14.2. The van der Waals surface area contributed by atoms with Crippen LogP contribution in [0.4, 0.5) is 4.39 Å². The van der Waals surface area contributed by atoms with Gasteiger partial charge in [0.05, 0.1) is 6.04 Å². The molecule has 4 heteroatoms. The Morgan fingerprint density at radius 2 is 1.95 bits per heavy atom. The molecule has 0 spiro atoms. The highest BCUT2D eigenvalue weighted by atomic mass is 35.5. The Kier molecular flexibility index (Phi) is 4.76. The Bertz CT molecular complexity index is 590. The van der Waals surface area contributed by atoms with E-state index in [0.717, 1.165) is 16.7 Å². The molecule has 0 heterocycles. The van der Waals surface area contributed by atoms with Gasteiger partial charge in [0.15, 0.2) is 0 Å². The molecule has 0 radical (unpaired) electrons. The molecule has 2 aromatic rings. The number of hydrazine groups is 1. The number of hydrogen-bond acceptors (Lipinski definition) is 2. The van der Waals surface area contributed by atoms with Crippen LogP contribution >= 0.6 is 11.6 Å². The number of rotatable bonds is 4. The second-order valence-electron chi connectivity index (χ2n) is 4.99. The Morgan fingerprint density at radius 3 is 2.55 bits per heavy atom. The molecule has 3 N–H and O–H groups in total. The maximum Gasteiger partial charge on any atom is 0.128 e. The molecule has 2 rings (SSSR count). The highest BCUT2D eigenvalue weighted by molar-refractivity contribution is 6.31. The molecule has 0 saturated carbocycles. The van der Waals surface area contributed by atoms with E-state index in [4.69, 9.17) is 17.4 Å². The van der Waals surface area contributed by atoms with Crippen molar-refractivity contribution in [1.29, 1.82) is 0 Å². The molecule has 106 valence electrons. The van der Waals surface area contributed by atoms with Crippen molar-refractivity contribution in [2.45, 2.75) is 26.3 Å². The van der Waals surface area contributed by atoms with E-state index in [1.165, 1.54) is 6.07 Å². The third-order valence-electron chi connectivity index (χ3n) is 3.41. The van der Waals surface area contributed by atoms with Crippen LogP contribution in [0.2, 0.25) is 5.02 Å². The van der Waals surface area contributed by atoms with E-state index in [9.17, 15) is 4.39 Å². The molecule has 0 amide bonds. The Morgan fingerprint density at radius 1 is 1.25 bits per heavy atom. The van der Waals surface area contributed by atoms with Gasteiger partial charge < -0.3 is 0 Å². The van der Waals surface area contributed by atoms with E-state index in [-0.39, 0.29) is 11.9 Å². The predicted molar refractivity (Wildman–Crippen MR) is 81.1 cm³/mol. The van der Waals surface area contributed by atoms with Crippen LogP contribution in [0.5, 0.6) is 0 Å². The van der Waals surface area contributed by atoms with Crippen LogP contribution in [0.3, 0.4) is 0 Å². The highest BCUT2D eigenvalue weighted by Crippen LogP contribution is 2.27. The SMILES string of the molecule is Cc1cc(C)c(C(Cc2ccccc2Cl)NN)c(F)c1. The van der Waals surface area contributed by atoms with Gasteiger partial charge >= 0.3 is 0 Å². The van der Waals surface area contributed by atoms with Crippen LogP contribution < -0.4 is 11.3 Å². The molecule has 0 saturated heterocycles. The third-order valence-corrected chi connectivity index (χ3v) is 3.78. The number of nitrogens with two attached hydrogens (primary N) is 1. The van der Waals surface area contributed by atoms with Crippen molar-refractivity contribution in [2.75, 3.05) is 0 Å². The molecule has 0 fully saturated rings. The lowest BCUT2D eigenvalue weighted by Gasteiger charge is -2.20. The fraction of sp³-hybridized carbons (Fsp3) is 0.250. The Hall–Kier alpha value is -1.42. The summed E-state index contributed by atoms with van der Waals surface area (Å²) in [5.41, 5.74) is 6.02. The Labute approximate surface area is 123 Å². The lowest BCUT2D eigenvalue weighted by molar-refractivity contribution is 0.507. The first-order chi connectivity index (χ1) is 9.52. The minimum Gasteiger partial charge on any atom is -0.271 e. The molecule has 20 heavy (non-hydrogen) atoms. The van der Waals surface area contributed by atoms with Gasteiger partial charge in [0, 0.05) is 10.6 Å². The minimum atomic E-state index is -0.310. The molecule has 0 aliphatic heterocycles. The van der Waals surface area contributed by atoms with Crippen LogP contribution in [0.1, 0.15) is 28.3 Å². The lowest BCUT2D eigenvalue weighted by atomic mass is 9.94. The molecule has 1 atom stereocenters. The largest absolute Gasteiger partial charge is 0.271 e. The summed E-state index contributed by atoms with van der Waals surface area (Å²) in [6.45, 7) is 3.77. The van der Waals surface area contributed by atoms with Gasteiger partial charge in [-0.15, -0.1) is 0 Å². The summed E-state index contributed by atoms with van der Waals surface area (Å²) in [6.07, 6.45) is 0.539. The zero-order valence-electron chi connectivity index (χ0n) is 11.6. The summed E-state index contributed by atoms with van der Waals surface area (Å²) >= 11 is 6.16. The number of benzene rings is 2. The van der Waals surface area contributed by atoms with Crippen LogP contribution in [-0.2, 0) is 6.42 Å². The first-order valence-corrected chi connectivity index (χ1v) is 6.87. The van der Waals surface area contributed by atoms with Crippen LogP contribution in [0.25, 0.3) is 0 Å². The van der Waals surface area contributed by atoms with Gasteiger partial charge in [-0.3, -0.25) is 11.3 Å². The van der Waals surface area contributed by atoms with Gasteiger partial charge in [-0.25, -0.2) is 4.39 Å². The monoisotopic (exact) mass is 292 g/mol. The summed E-state index contributed by atoms with van der Waals surface area (Å²) in [6, 6.07) is 10.7. The Balaban J connectivity index is 2.37. The molecular weight excluding hydrogens is 275 g/mol. The summed E-state index contributed by atoms with van der Waals surface area (Å²) in [5.74, 6) is 5.38. The molecule has 1 unspecified atom stereocenters. The van der Waals surface area contributed by atoms with Gasteiger partial charge in [0.1, 0.15) is 5.82 Å². The number of hydrogen-bond donors (Lipinski definition) is 2. The van der Waals surface area contributed by atoms with E-state index >= 15 is 0 Å². The van der Waals surface area contributed by atoms with Gasteiger partial charge in [-0.2, -0.15) is 0 Å². The summed E-state index contributed by atoms with van der Waals surface area (Å²) in [4.78, 5) is 0. The predicted octanol–water partition coefficient (Wildman–Crippen LogP) is 3.84. The van der Waals surface area contributed by atoms with Crippen molar-refractivity contribution in [3.63, 3.8) is 0 Å². The van der Waals surface area contributed by atoms with E-state index in [1.54, 1.807) is 0 Å². The van der Waals surface area contributed by atoms with Crippen molar-refractivity contribution < 1.29 is 4.39 Å². The maximum atomic E-state index is 14.2. The minimum absolute atomic E-state index is 0.238. The van der Waals surface area contributed by atoms with Crippen molar-refractivity contribution in [1.82, 2.24) is 5.43 Å². The quantitative estimate of drug-likeness (QED) is 0.664. The molecule has 2 nitrogen and oxygen atoms in total. The van der Waals surface area contributed by atoms with Crippen molar-refractivity contribution in [3.8, 4) is 0 Å². The zero-order valence-corrected chi connectivity index (χ0v) is 12.3. The second kappa shape index (κ2) is 6.35. The first-order valence-electron chi connectivity index (χ1n) is 6.49. The smallest absolute Gasteiger partial charge is 0.128 e. The summed E-state index contributed by atoms with van der Waals surface area (Å²) in [7, 11) is 0. The standard InChI is InChI=1S/C16H18ClFN2/c1-10-7-11(2)16(14(18)8-10)15(20-19)9-12-5-3-4-6-13(12)17/h3-8,15,20H,9,19H2,1-2H3. The van der Waals surface area contributed by atoms with E-state index in [1.807, 2.05) is 44.2 Å². The topological polar surface area (TPSA) is 38.0 Å². The normalized spacial score (nSPS) is 12.4. The van der Waals surface area contributed by atoms with E-state index < -0.39 is 0 Å². The fourth-order valence-electron chi connectivity index (χ4n) is 2.50. The van der Waals surface area contributed by atoms with E-state index in [0.29, 0.717) is 17.0 Å². The van der Waals surface area contributed by atoms with Gasteiger partial charge in [0.2, 0.25) is 0 Å². The highest BCUT2D eigenvalue weighted by Gasteiger charge is 2.19. The third kappa shape index (κ3) is 3.18. The van der Waals surface area contributed by atoms with Crippen molar-refractivity contribution in [2.24, 2.45) is 5.84 Å². The molecular formula is C16H18ClFN2. The second-order valence-corrected chi connectivity index (χ2v) is 5.40. The summed E-state index contributed by atoms with van der Waals surface area (Å²) in [5, 5.41) is 0.665. The van der Waals surface area contributed by atoms with Crippen LogP contribution in [0, 0.1) is 19.7 Å². The van der Waals surface area contributed by atoms with Crippen molar-refractivity contribution in [3.05, 3.63) is 69.5 Å². The average Bonchev–Trinajstić information content (AvgIpc) is 2.38. The fourth-order valence-corrected chi connectivity index (χ4v) is 2.71. The van der Waals surface area contributed by atoms with Gasteiger partial charge in [-0.1, -0.05) is 35.9 Å². The molecule has 0 aliphatic carbocycles. The molecule has 0 bridgehead atoms. The average molecular weight is 293 g/mol. The van der Waals surface area contributed by atoms with Gasteiger partial charge in [0.25, 0.3) is 0 Å². The number of nitrogens with one attached hydrogen (secondary N) is 1. The lowest BCUT2D eigenvalue weighted by Crippen LogP contribution is -2.31. The van der Waals surface area contributed by atoms with Crippen LogP contribution in [-0.4, -0.2) is 0 Å². The maximum absolute atomic E-state index is 14.2. The zero-order chi connectivity index (χ0) is 14.7.